The first-order chi connectivity index (χ1) is 13.9. The number of nitrogen functional groups attached to an aromatic ring is 1. The Morgan fingerprint density at radius 3 is 1.55 bits per heavy atom. The summed E-state index contributed by atoms with van der Waals surface area (Å²) in [6, 6.07) is 8.03. The molecule has 11 heteroatoms. The smallest absolute Gasteiger partial charge is 0.224 e. The summed E-state index contributed by atoms with van der Waals surface area (Å²) in [6.07, 6.45) is 2.52. The third-order valence-electron chi connectivity index (χ3n) is 3.42. The largest absolute Gasteiger partial charge is 0.368 e. The summed E-state index contributed by atoms with van der Waals surface area (Å²) < 4.78 is 52.1. The Morgan fingerprint density at radius 1 is 0.690 bits per heavy atom. The first kappa shape index (κ1) is 19.7. The Hall–Kier alpha value is -4.02. The lowest BCUT2D eigenvalue weighted by Crippen LogP contribution is -2.03. The maximum Gasteiger partial charge on any atom is 0.224 e. The van der Waals surface area contributed by atoms with Gasteiger partial charge in [-0.1, -0.05) is 12.1 Å². The molecule has 0 aliphatic rings. The minimum Gasteiger partial charge on any atom is -0.368 e. The molecule has 0 unspecified atom stereocenters. The summed E-state index contributed by atoms with van der Waals surface area (Å²) in [4.78, 5) is 7.82. The number of halogens is 4. The normalized spacial score (nSPS) is 11.3. The van der Waals surface area contributed by atoms with Gasteiger partial charge in [0.15, 0.2) is 34.9 Å². The summed E-state index contributed by atoms with van der Waals surface area (Å²) in [5, 5.41) is 7.71. The summed E-state index contributed by atoms with van der Waals surface area (Å²) in [7, 11) is 0. The number of aromatic nitrogens is 2. The zero-order valence-corrected chi connectivity index (χ0v) is 14.6. The van der Waals surface area contributed by atoms with Crippen LogP contribution >= 0.6 is 0 Å². The molecule has 0 bridgehead atoms. The molecule has 0 fully saturated rings. The van der Waals surface area contributed by atoms with Crippen LogP contribution in [0, 0.1) is 23.3 Å². The van der Waals surface area contributed by atoms with Crippen LogP contribution in [0.5, 0.6) is 0 Å². The Labute approximate surface area is 162 Å². The monoisotopic (exact) mass is 403 g/mol. The van der Waals surface area contributed by atoms with Gasteiger partial charge in [-0.25, -0.2) is 17.6 Å². The average Bonchev–Trinajstić information content (AvgIpc) is 2.67. The number of hydrazone groups is 2. The molecule has 0 radical (unpaired) electrons. The van der Waals surface area contributed by atoms with Crippen LogP contribution in [0.25, 0.3) is 0 Å². The second-order valence-corrected chi connectivity index (χ2v) is 5.58. The van der Waals surface area contributed by atoms with Gasteiger partial charge in [0.1, 0.15) is 0 Å². The van der Waals surface area contributed by atoms with Crippen molar-refractivity contribution in [3.63, 3.8) is 0 Å². The summed E-state index contributed by atoms with van der Waals surface area (Å²) in [5.74, 6) is -3.61. The zero-order valence-electron chi connectivity index (χ0n) is 14.6. The second kappa shape index (κ2) is 8.78. The molecule has 148 valence electrons. The number of anilines is 3. The predicted octanol–water partition coefficient (Wildman–Crippen LogP) is 3.51. The molecule has 3 aromatic rings. The van der Waals surface area contributed by atoms with Gasteiger partial charge in [-0.05, 0) is 35.4 Å². The van der Waals surface area contributed by atoms with E-state index >= 15 is 0 Å². The van der Waals surface area contributed by atoms with Crippen molar-refractivity contribution in [1.29, 1.82) is 0 Å². The Morgan fingerprint density at radius 2 is 1.14 bits per heavy atom. The SMILES string of the molecule is Nc1nc(N/N=C/c2ccc(F)c(F)c2)cc(N/N=C/c2ccc(F)c(F)c2)n1. The molecule has 2 aromatic carbocycles. The van der Waals surface area contributed by atoms with Crippen molar-refractivity contribution in [2.45, 2.75) is 0 Å². The molecule has 3 rings (SSSR count). The standard InChI is InChI=1S/C18H13F4N7/c19-12-3-1-10(5-14(12)21)8-24-28-16-7-17(27-18(23)26-16)29-25-9-11-2-4-13(20)15(22)6-11/h1-9H,(H4,23,26,27,28,29)/b24-8+,25-9+. The maximum atomic E-state index is 13.2. The highest BCUT2D eigenvalue weighted by Crippen LogP contribution is 2.13. The third-order valence-corrected chi connectivity index (χ3v) is 3.42. The third kappa shape index (κ3) is 5.48. The van der Waals surface area contributed by atoms with Crippen molar-refractivity contribution in [2.24, 2.45) is 10.2 Å². The first-order valence-electron chi connectivity index (χ1n) is 8.03. The lowest BCUT2D eigenvalue weighted by atomic mass is 10.2. The highest BCUT2D eigenvalue weighted by Gasteiger charge is 2.03. The van der Waals surface area contributed by atoms with Crippen molar-refractivity contribution in [2.75, 3.05) is 16.6 Å². The van der Waals surface area contributed by atoms with E-state index in [0.29, 0.717) is 11.1 Å². The van der Waals surface area contributed by atoms with E-state index in [2.05, 4.69) is 31.0 Å². The number of hydrogen-bond donors (Lipinski definition) is 3. The van der Waals surface area contributed by atoms with Crippen molar-refractivity contribution in [3.05, 3.63) is 76.9 Å². The summed E-state index contributed by atoms with van der Waals surface area (Å²) in [5.41, 5.74) is 11.4. The van der Waals surface area contributed by atoms with E-state index in [9.17, 15) is 17.6 Å². The van der Waals surface area contributed by atoms with Gasteiger partial charge in [0.25, 0.3) is 0 Å². The fraction of sp³-hybridized carbons (Fsp3) is 0. The van der Waals surface area contributed by atoms with Crippen LogP contribution in [0.2, 0.25) is 0 Å². The number of benzene rings is 2. The molecule has 1 aromatic heterocycles. The topological polar surface area (TPSA) is 101 Å². The molecule has 4 N–H and O–H groups in total. The maximum absolute atomic E-state index is 13.2. The quantitative estimate of drug-likeness (QED) is 0.332. The van der Waals surface area contributed by atoms with Crippen molar-refractivity contribution in [1.82, 2.24) is 9.97 Å². The molecule has 29 heavy (non-hydrogen) atoms. The fourth-order valence-corrected chi connectivity index (χ4v) is 2.11. The van der Waals surface area contributed by atoms with Crippen molar-refractivity contribution >= 4 is 30.0 Å². The molecule has 1 heterocycles. The van der Waals surface area contributed by atoms with Crippen LogP contribution in [0.3, 0.4) is 0 Å². The van der Waals surface area contributed by atoms with Crippen LogP contribution in [0.4, 0.5) is 35.1 Å². The van der Waals surface area contributed by atoms with E-state index in [-0.39, 0.29) is 17.6 Å². The Bertz CT molecular complexity index is 1000. The molecule has 7 nitrogen and oxygen atoms in total. The number of nitrogens with one attached hydrogen (secondary N) is 2. The number of nitrogens with two attached hydrogens (primary N) is 1. The van der Waals surface area contributed by atoms with Gasteiger partial charge >= 0.3 is 0 Å². The number of hydrogen-bond acceptors (Lipinski definition) is 7. The van der Waals surface area contributed by atoms with E-state index in [4.69, 9.17) is 5.73 Å². The van der Waals surface area contributed by atoms with Crippen LogP contribution in [0.15, 0.2) is 52.7 Å². The van der Waals surface area contributed by atoms with Gasteiger partial charge in [0.05, 0.1) is 12.4 Å². The van der Waals surface area contributed by atoms with Crippen LogP contribution < -0.4 is 16.6 Å². The fourth-order valence-electron chi connectivity index (χ4n) is 2.11. The number of rotatable bonds is 6. The van der Waals surface area contributed by atoms with E-state index < -0.39 is 23.3 Å². The second-order valence-electron chi connectivity index (χ2n) is 5.58. The highest BCUT2D eigenvalue weighted by molar-refractivity contribution is 5.80. The highest BCUT2D eigenvalue weighted by atomic mass is 19.2. The number of nitrogens with zero attached hydrogens (tertiary/aromatic N) is 4. The van der Waals surface area contributed by atoms with E-state index in [1.807, 2.05) is 0 Å². The van der Waals surface area contributed by atoms with Gasteiger partial charge in [-0.2, -0.15) is 20.2 Å². The first-order valence-corrected chi connectivity index (χ1v) is 8.03. The molecule has 0 saturated carbocycles. The minimum atomic E-state index is -0.995. The zero-order chi connectivity index (χ0) is 20.8. The van der Waals surface area contributed by atoms with Crippen molar-refractivity contribution in [3.8, 4) is 0 Å². The van der Waals surface area contributed by atoms with E-state index in [1.165, 1.54) is 30.6 Å². The van der Waals surface area contributed by atoms with Gasteiger partial charge < -0.3 is 5.73 Å². The van der Waals surface area contributed by atoms with Crippen LogP contribution in [-0.4, -0.2) is 22.4 Å². The minimum absolute atomic E-state index is 0.0939. The Kier molecular flexibility index (Phi) is 5.97. The van der Waals surface area contributed by atoms with Gasteiger partial charge in [-0.15, -0.1) is 0 Å². The lowest BCUT2D eigenvalue weighted by molar-refractivity contribution is 0.508. The van der Waals surface area contributed by atoms with E-state index in [1.54, 1.807) is 0 Å². The molecule has 0 spiro atoms. The van der Waals surface area contributed by atoms with Gasteiger partial charge in [-0.3, -0.25) is 10.9 Å². The van der Waals surface area contributed by atoms with Crippen LogP contribution in [-0.2, 0) is 0 Å². The van der Waals surface area contributed by atoms with Crippen LogP contribution in [0.1, 0.15) is 11.1 Å². The summed E-state index contributed by atoms with van der Waals surface area (Å²) >= 11 is 0. The molecule has 0 saturated heterocycles. The summed E-state index contributed by atoms with van der Waals surface area (Å²) in [6.45, 7) is 0. The van der Waals surface area contributed by atoms with Crippen molar-refractivity contribution < 1.29 is 17.6 Å². The molecular formula is C18H13F4N7. The molecular weight excluding hydrogens is 390 g/mol. The lowest BCUT2D eigenvalue weighted by Gasteiger charge is -2.04. The van der Waals surface area contributed by atoms with E-state index in [0.717, 1.165) is 24.3 Å². The molecule has 0 atom stereocenters. The molecule has 0 aliphatic carbocycles. The van der Waals surface area contributed by atoms with Gasteiger partial charge in [0, 0.05) is 6.07 Å². The average molecular weight is 403 g/mol. The molecule has 0 amide bonds. The molecule has 0 aliphatic heterocycles. The predicted molar refractivity (Wildman–Crippen MR) is 102 cm³/mol. The van der Waals surface area contributed by atoms with Gasteiger partial charge in [0.2, 0.25) is 5.95 Å². The Balaban J connectivity index is 1.65.